The Kier molecular flexibility index (Phi) is 13.3. The number of hydrogen-bond acceptors (Lipinski definition) is 3. The molecule has 0 aliphatic carbocycles. The SMILES string of the molecule is C=C(C)C(=O)N(CCCC)COCC.C=CC(N)=O. The Morgan fingerprint density at radius 1 is 1.37 bits per heavy atom. The van der Waals surface area contributed by atoms with Crippen LogP contribution in [0, 0.1) is 0 Å². The molecule has 2 N–H and O–H groups in total. The lowest BCUT2D eigenvalue weighted by molar-refractivity contribution is -0.132. The molecule has 0 aliphatic rings. The van der Waals surface area contributed by atoms with Crippen LogP contribution >= 0.6 is 0 Å². The normalized spacial score (nSPS) is 9.00. The van der Waals surface area contributed by atoms with Gasteiger partial charge >= 0.3 is 0 Å². The summed E-state index contributed by atoms with van der Waals surface area (Å²) < 4.78 is 5.23. The van der Waals surface area contributed by atoms with E-state index in [1.54, 1.807) is 11.8 Å². The van der Waals surface area contributed by atoms with Crippen LogP contribution in [0.2, 0.25) is 0 Å². The van der Waals surface area contributed by atoms with E-state index in [1.807, 2.05) is 6.92 Å². The summed E-state index contributed by atoms with van der Waals surface area (Å²) in [6, 6.07) is 0. The molecule has 0 aromatic heterocycles. The summed E-state index contributed by atoms with van der Waals surface area (Å²) in [5, 5.41) is 0. The molecule has 0 fully saturated rings. The number of primary amides is 1. The van der Waals surface area contributed by atoms with E-state index < -0.39 is 5.91 Å². The maximum absolute atomic E-state index is 11.6. The number of carbonyl (C=O) groups excluding carboxylic acids is 2. The summed E-state index contributed by atoms with van der Waals surface area (Å²) in [5.74, 6) is -0.489. The Hall–Kier alpha value is -1.62. The van der Waals surface area contributed by atoms with Gasteiger partial charge in [-0.15, -0.1) is 0 Å². The zero-order valence-corrected chi connectivity index (χ0v) is 12.3. The van der Waals surface area contributed by atoms with Crippen LogP contribution in [0.3, 0.4) is 0 Å². The first kappa shape index (κ1) is 19.7. The van der Waals surface area contributed by atoms with Crippen LogP contribution in [0.5, 0.6) is 0 Å². The van der Waals surface area contributed by atoms with E-state index in [2.05, 4.69) is 25.8 Å². The molecule has 0 radical (unpaired) electrons. The van der Waals surface area contributed by atoms with Crippen molar-refractivity contribution in [2.75, 3.05) is 19.9 Å². The van der Waals surface area contributed by atoms with E-state index in [9.17, 15) is 9.59 Å². The Morgan fingerprint density at radius 2 is 1.89 bits per heavy atom. The van der Waals surface area contributed by atoms with Gasteiger partial charge < -0.3 is 15.4 Å². The summed E-state index contributed by atoms with van der Waals surface area (Å²) in [6.07, 6.45) is 3.14. The van der Waals surface area contributed by atoms with Crippen LogP contribution in [0.25, 0.3) is 0 Å². The maximum atomic E-state index is 11.6. The Morgan fingerprint density at radius 3 is 2.21 bits per heavy atom. The number of hydrogen-bond donors (Lipinski definition) is 1. The van der Waals surface area contributed by atoms with E-state index in [1.165, 1.54) is 0 Å². The lowest BCUT2D eigenvalue weighted by atomic mass is 10.2. The highest BCUT2D eigenvalue weighted by molar-refractivity contribution is 5.92. The van der Waals surface area contributed by atoms with Crippen molar-refractivity contribution in [1.29, 1.82) is 0 Å². The lowest BCUT2D eigenvalue weighted by Crippen LogP contribution is -2.34. The predicted molar refractivity (Wildman–Crippen MR) is 77.3 cm³/mol. The van der Waals surface area contributed by atoms with Gasteiger partial charge in [0.25, 0.3) is 5.91 Å². The van der Waals surface area contributed by atoms with Crippen LogP contribution in [0.15, 0.2) is 24.8 Å². The zero-order valence-electron chi connectivity index (χ0n) is 12.3. The number of carbonyl (C=O) groups is 2. The number of unbranched alkanes of at least 4 members (excludes halogenated alkanes) is 1. The predicted octanol–water partition coefficient (Wildman–Crippen LogP) is 1.84. The maximum Gasteiger partial charge on any atom is 0.250 e. The van der Waals surface area contributed by atoms with Crippen molar-refractivity contribution in [3.63, 3.8) is 0 Å². The van der Waals surface area contributed by atoms with Crippen LogP contribution in [0.4, 0.5) is 0 Å². The summed E-state index contributed by atoms with van der Waals surface area (Å²) in [5.41, 5.74) is 5.10. The highest BCUT2D eigenvalue weighted by Crippen LogP contribution is 2.02. The first-order chi connectivity index (χ1) is 8.90. The highest BCUT2D eigenvalue weighted by Gasteiger charge is 2.12. The van der Waals surface area contributed by atoms with Crippen molar-refractivity contribution < 1.29 is 14.3 Å². The average molecular weight is 270 g/mol. The van der Waals surface area contributed by atoms with Crippen LogP contribution in [-0.4, -0.2) is 36.6 Å². The van der Waals surface area contributed by atoms with E-state index in [-0.39, 0.29) is 5.91 Å². The number of amides is 2. The van der Waals surface area contributed by atoms with Gasteiger partial charge in [0.2, 0.25) is 5.91 Å². The van der Waals surface area contributed by atoms with Gasteiger partial charge in [-0.05, 0) is 26.3 Å². The second-order valence-corrected chi connectivity index (χ2v) is 3.93. The van der Waals surface area contributed by atoms with Crippen molar-refractivity contribution in [1.82, 2.24) is 4.90 Å². The Labute approximate surface area is 116 Å². The zero-order chi connectivity index (χ0) is 15.3. The van der Waals surface area contributed by atoms with Gasteiger partial charge in [0.05, 0.1) is 0 Å². The first-order valence-corrected chi connectivity index (χ1v) is 6.35. The molecule has 19 heavy (non-hydrogen) atoms. The van der Waals surface area contributed by atoms with Gasteiger partial charge in [-0.2, -0.15) is 0 Å². The van der Waals surface area contributed by atoms with Crippen LogP contribution in [-0.2, 0) is 14.3 Å². The quantitative estimate of drug-likeness (QED) is 0.540. The van der Waals surface area contributed by atoms with Crippen molar-refractivity contribution in [2.45, 2.75) is 33.6 Å². The molecule has 2 amide bonds. The van der Waals surface area contributed by atoms with Gasteiger partial charge in [0.1, 0.15) is 6.73 Å². The number of nitrogens with two attached hydrogens (primary N) is 1. The third-order valence-corrected chi connectivity index (χ3v) is 2.09. The third-order valence-electron chi connectivity index (χ3n) is 2.09. The smallest absolute Gasteiger partial charge is 0.250 e. The molecule has 0 saturated heterocycles. The van der Waals surface area contributed by atoms with Gasteiger partial charge in [-0.25, -0.2) is 0 Å². The number of nitrogens with zero attached hydrogens (tertiary/aromatic N) is 1. The molecule has 0 atom stereocenters. The van der Waals surface area contributed by atoms with E-state index in [0.29, 0.717) is 18.9 Å². The summed E-state index contributed by atoms with van der Waals surface area (Å²) in [4.78, 5) is 22.8. The fourth-order valence-electron chi connectivity index (χ4n) is 1.05. The first-order valence-electron chi connectivity index (χ1n) is 6.35. The standard InChI is InChI=1S/C11H21NO2.C3H5NO/c1-5-7-8-12(9-14-6-2)11(13)10(3)4;1-2-3(4)5/h3,5-9H2,1-2,4H3;2H,1H2,(H2,4,5). The topological polar surface area (TPSA) is 72.6 Å². The monoisotopic (exact) mass is 270 g/mol. The Balaban J connectivity index is 0. The summed E-state index contributed by atoms with van der Waals surface area (Å²) >= 11 is 0. The highest BCUT2D eigenvalue weighted by atomic mass is 16.5. The van der Waals surface area contributed by atoms with Crippen molar-refractivity contribution in [2.24, 2.45) is 5.73 Å². The van der Waals surface area contributed by atoms with Gasteiger partial charge in [0, 0.05) is 18.7 Å². The lowest BCUT2D eigenvalue weighted by Gasteiger charge is -2.22. The van der Waals surface area contributed by atoms with E-state index in [4.69, 9.17) is 4.74 Å². The molecule has 0 aliphatic heterocycles. The average Bonchev–Trinajstić information content (AvgIpc) is 2.38. The summed E-state index contributed by atoms with van der Waals surface area (Å²) in [7, 11) is 0. The minimum absolute atomic E-state index is 0.00750. The second-order valence-electron chi connectivity index (χ2n) is 3.93. The van der Waals surface area contributed by atoms with E-state index in [0.717, 1.165) is 25.5 Å². The van der Waals surface area contributed by atoms with Gasteiger partial charge in [0.15, 0.2) is 0 Å². The van der Waals surface area contributed by atoms with Crippen LogP contribution < -0.4 is 5.73 Å². The number of ether oxygens (including phenoxy) is 1. The molecule has 0 bridgehead atoms. The fraction of sp³-hybridized carbons (Fsp3) is 0.571. The van der Waals surface area contributed by atoms with Crippen molar-refractivity contribution in [3.8, 4) is 0 Å². The van der Waals surface area contributed by atoms with Crippen molar-refractivity contribution >= 4 is 11.8 Å². The molecule has 110 valence electrons. The van der Waals surface area contributed by atoms with E-state index >= 15 is 0 Å². The van der Waals surface area contributed by atoms with Gasteiger partial charge in [-0.3, -0.25) is 9.59 Å². The molecule has 0 saturated carbocycles. The molecule has 5 heteroatoms. The molecule has 5 nitrogen and oxygen atoms in total. The molecule has 0 rings (SSSR count). The van der Waals surface area contributed by atoms with Crippen LogP contribution in [0.1, 0.15) is 33.6 Å². The largest absolute Gasteiger partial charge is 0.366 e. The second kappa shape index (κ2) is 12.8. The molecule has 0 unspecified atom stereocenters. The molecule has 0 aromatic rings. The molecular weight excluding hydrogens is 244 g/mol. The fourth-order valence-corrected chi connectivity index (χ4v) is 1.05. The van der Waals surface area contributed by atoms with Gasteiger partial charge in [-0.1, -0.05) is 26.5 Å². The molecule has 0 spiro atoms. The summed E-state index contributed by atoms with van der Waals surface area (Å²) in [6.45, 7) is 14.2. The minimum atomic E-state index is -0.481. The Bertz CT molecular complexity index is 293. The minimum Gasteiger partial charge on any atom is -0.366 e. The third kappa shape index (κ3) is 12.6. The van der Waals surface area contributed by atoms with Crippen molar-refractivity contribution in [3.05, 3.63) is 24.8 Å². The number of rotatable bonds is 8. The molecule has 0 heterocycles. The molecular formula is C14H26N2O3. The molecule has 0 aromatic carbocycles.